The second-order valence-corrected chi connectivity index (χ2v) is 6.23. The highest BCUT2D eigenvalue weighted by atomic mass is 16.2. The van der Waals surface area contributed by atoms with Crippen molar-refractivity contribution >= 4 is 12.1 Å². The molecule has 25 heavy (non-hydrogen) atoms. The Labute approximate surface area is 148 Å². The van der Waals surface area contributed by atoms with Crippen LogP contribution in [0.25, 0.3) is 0 Å². The van der Waals surface area contributed by atoms with Crippen molar-refractivity contribution in [3.63, 3.8) is 0 Å². The zero-order valence-electron chi connectivity index (χ0n) is 14.4. The number of hydrogen-bond acceptors (Lipinski definition) is 3. The molecule has 1 heterocycles. The van der Waals surface area contributed by atoms with E-state index in [0.29, 0.717) is 11.5 Å². The summed E-state index contributed by atoms with van der Waals surface area (Å²) in [6.45, 7) is 4.26. The van der Waals surface area contributed by atoms with Gasteiger partial charge in [0.25, 0.3) is 5.91 Å². The quantitative estimate of drug-likeness (QED) is 0.673. The first-order valence-electron chi connectivity index (χ1n) is 8.31. The topological polar surface area (TPSA) is 54.4 Å². The molecule has 0 radical (unpaired) electrons. The molecule has 3 rings (SSSR count). The van der Waals surface area contributed by atoms with Gasteiger partial charge in [0.2, 0.25) is 0 Å². The third-order valence-corrected chi connectivity index (χ3v) is 4.43. The van der Waals surface area contributed by atoms with Crippen LogP contribution in [0.5, 0.6) is 0 Å². The average molecular weight is 331 g/mol. The lowest BCUT2D eigenvalue weighted by atomic mass is 9.81. The van der Waals surface area contributed by atoms with E-state index in [2.05, 4.69) is 59.7 Å². The van der Waals surface area contributed by atoms with E-state index in [0.717, 1.165) is 12.0 Å². The van der Waals surface area contributed by atoms with Crippen LogP contribution in [-0.4, -0.2) is 17.1 Å². The summed E-state index contributed by atoms with van der Waals surface area (Å²) in [5, 5.41) is 4.10. The van der Waals surface area contributed by atoms with Crippen LogP contribution >= 0.6 is 0 Å². The van der Waals surface area contributed by atoms with Gasteiger partial charge in [-0.2, -0.15) is 5.10 Å². The molecule has 1 aromatic carbocycles. The van der Waals surface area contributed by atoms with Gasteiger partial charge in [0.15, 0.2) is 0 Å². The summed E-state index contributed by atoms with van der Waals surface area (Å²) < 4.78 is 0. The van der Waals surface area contributed by atoms with Crippen molar-refractivity contribution in [2.24, 2.45) is 5.10 Å². The lowest BCUT2D eigenvalue weighted by Crippen LogP contribution is -2.18. The van der Waals surface area contributed by atoms with E-state index in [1.54, 1.807) is 24.5 Å². The number of amides is 1. The summed E-state index contributed by atoms with van der Waals surface area (Å²) in [7, 11) is 0. The van der Waals surface area contributed by atoms with Crippen molar-refractivity contribution in [2.75, 3.05) is 0 Å². The number of allylic oxidation sites excluding steroid dienone is 4. The molecule has 0 saturated heterocycles. The summed E-state index contributed by atoms with van der Waals surface area (Å²) in [4.78, 5) is 15.9. The number of aromatic nitrogens is 1. The molecule has 0 bridgehead atoms. The van der Waals surface area contributed by atoms with Gasteiger partial charge in [-0.15, -0.1) is 0 Å². The minimum atomic E-state index is -0.263. The average Bonchev–Trinajstić information content (AvgIpc) is 2.65. The van der Waals surface area contributed by atoms with E-state index in [4.69, 9.17) is 0 Å². The number of pyridine rings is 1. The van der Waals surface area contributed by atoms with E-state index < -0.39 is 0 Å². The van der Waals surface area contributed by atoms with E-state index in [-0.39, 0.29) is 5.91 Å². The molecule has 1 N–H and O–H groups in total. The summed E-state index contributed by atoms with van der Waals surface area (Å²) in [5.41, 5.74) is 7.99. The highest BCUT2D eigenvalue weighted by Crippen LogP contribution is 2.35. The van der Waals surface area contributed by atoms with Gasteiger partial charge >= 0.3 is 0 Å². The fourth-order valence-electron chi connectivity index (χ4n) is 2.99. The molecule has 0 fully saturated rings. The molecular formula is C21H21N3O. The van der Waals surface area contributed by atoms with Crippen LogP contribution in [0.4, 0.5) is 0 Å². The van der Waals surface area contributed by atoms with Crippen LogP contribution in [0.2, 0.25) is 0 Å². The smallest absolute Gasteiger partial charge is 0.267 e. The number of rotatable bonds is 4. The van der Waals surface area contributed by atoms with Gasteiger partial charge < -0.3 is 0 Å². The first kappa shape index (κ1) is 16.8. The lowest BCUT2D eigenvalue weighted by molar-refractivity contribution is 0.0955. The zero-order chi connectivity index (χ0) is 17.6. The highest BCUT2D eigenvalue weighted by Gasteiger charge is 2.19. The molecule has 126 valence electrons. The van der Waals surface area contributed by atoms with E-state index in [9.17, 15) is 4.79 Å². The third kappa shape index (κ3) is 4.10. The first-order valence-corrected chi connectivity index (χ1v) is 8.31. The van der Waals surface area contributed by atoms with Gasteiger partial charge in [0.05, 0.1) is 11.8 Å². The molecule has 1 aliphatic carbocycles. The molecule has 1 unspecified atom stereocenters. The standard InChI is InChI=1S/C21H21N3O/c1-15-12-20(17-7-4-3-5-8-17)16(2)11-19(15)14-23-24-21(25)18-9-6-10-22-13-18/h3-11,13-14,20H,12H2,1-2H3,(H,24,25)/b23-14+. The van der Waals surface area contributed by atoms with Crippen molar-refractivity contribution in [3.8, 4) is 0 Å². The maximum Gasteiger partial charge on any atom is 0.272 e. The molecule has 1 aliphatic rings. The van der Waals surface area contributed by atoms with Crippen molar-refractivity contribution in [1.29, 1.82) is 0 Å². The van der Waals surface area contributed by atoms with Gasteiger partial charge in [-0.3, -0.25) is 9.78 Å². The Balaban J connectivity index is 1.68. The third-order valence-electron chi connectivity index (χ3n) is 4.43. The minimum Gasteiger partial charge on any atom is -0.267 e. The molecule has 4 nitrogen and oxygen atoms in total. The molecule has 2 aromatic rings. The minimum absolute atomic E-state index is 0.263. The molecule has 4 heteroatoms. The van der Waals surface area contributed by atoms with Gasteiger partial charge in [0.1, 0.15) is 0 Å². The van der Waals surface area contributed by atoms with Crippen molar-refractivity contribution in [1.82, 2.24) is 10.4 Å². The Morgan fingerprint density at radius 1 is 1.20 bits per heavy atom. The Hall–Kier alpha value is -3.01. The number of nitrogens with one attached hydrogen (secondary N) is 1. The monoisotopic (exact) mass is 331 g/mol. The number of benzene rings is 1. The largest absolute Gasteiger partial charge is 0.272 e. The summed E-state index contributed by atoms with van der Waals surface area (Å²) >= 11 is 0. The SMILES string of the molecule is CC1=CC(/C=N/NC(=O)c2cccnc2)=C(C)CC1c1ccccc1. The molecule has 0 spiro atoms. The van der Waals surface area contributed by atoms with Crippen LogP contribution in [0.3, 0.4) is 0 Å². The second kappa shape index (κ2) is 7.71. The number of carbonyl (C=O) groups is 1. The van der Waals surface area contributed by atoms with Crippen LogP contribution in [0.1, 0.15) is 42.1 Å². The summed E-state index contributed by atoms with van der Waals surface area (Å²) in [5.74, 6) is 0.143. The first-order chi connectivity index (χ1) is 12.1. The van der Waals surface area contributed by atoms with Gasteiger partial charge in [-0.1, -0.05) is 47.6 Å². The van der Waals surface area contributed by atoms with Crippen LogP contribution in [0, 0.1) is 0 Å². The predicted octanol–water partition coefficient (Wildman–Crippen LogP) is 4.25. The Morgan fingerprint density at radius 3 is 2.72 bits per heavy atom. The van der Waals surface area contributed by atoms with Crippen LogP contribution < -0.4 is 5.43 Å². The van der Waals surface area contributed by atoms with Gasteiger partial charge in [0, 0.05) is 18.3 Å². The number of nitrogens with zero attached hydrogens (tertiary/aromatic N) is 2. The molecule has 1 amide bonds. The van der Waals surface area contributed by atoms with Crippen molar-refractivity contribution in [2.45, 2.75) is 26.2 Å². The second-order valence-electron chi connectivity index (χ2n) is 6.23. The predicted molar refractivity (Wildman–Crippen MR) is 100 cm³/mol. The Morgan fingerprint density at radius 2 is 2.00 bits per heavy atom. The van der Waals surface area contributed by atoms with Crippen LogP contribution in [-0.2, 0) is 0 Å². The normalized spacial score (nSPS) is 17.5. The fraction of sp³-hybridized carbons (Fsp3) is 0.190. The van der Waals surface area contributed by atoms with E-state index in [1.807, 2.05) is 6.07 Å². The summed E-state index contributed by atoms with van der Waals surface area (Å²) in [6, 6.07) is 14.0. The summed E-state index contributed by atoms with van der Waals surface area (Å²) in [6.07, 6.45) is 7.98. The van der Waals surface area contributed by atoms with E-state index >= 15 is 0 Å². The number of hydrazone groups is 1. The van der Waals surface area contributed by atoms with Gasteiger partial charge in [-0.05, 0) is 43.5 Å². The highest BCUT2D eigenvalue weighted by molar-refractivity contribution is 5.94. The maximum atomic E-state index is 12.0. The zero-order valence-corrected chi connectivity index (χ0v) is 14.4. The lowest BCUT2D eigenvalue weighted by Gasteiger charge is -2.24. The molecular weight excluding hydrogens is 310 g/mol. The van der Waals surface area contributed by atoms with Gasteiger partial charge in [-0.25, -0.2) is 5.43 Å². The molecule has 1 aromatic heterocycles. The Bertz CT molecular complexity index is 836. The molecule has 0 aliphatic heterocycles. The van der Waals surface area contributed by atoms with E-state index in [1.165, 1.54) is 22.9 Å². The number of carbonyl (C=O) groups excluding carboxylic acids is 1. The van der Waals surface area contributed by atoms with Crippen molar-refractivity contribution < 1.29 is 4.79 Å². The fourth-order valence-corrected chi connectivity index (χ4v) is 2.99. The van der Waals surface area contributed by atoms with Crippen molar-refractivity contribution in [3.05, 3.63) is 88.8 Å². The maximum absolute atomic E-state index is 12.0. The Kier molecular flexibility index (Phi) is 5.19. The molecule has 0 saturated carbocycles. The molecule has 1 atom stereocenters. The number of hydrogen-bond donors (Lipinski definition) is 1. The van der Waals surface area contributed by atoms with Crippen LogP contribution in [0.15, 0.2) is 82.8 Å².